The highest BCUT2D eigenvalue weighted by molar-refractivity contribution is 7.89. The number of hydrogen-bond donors (Lipinski definition) is 2. The number of hydrogen-bond acceptors (Lipinski definition) is 5. The second-order valence-electron chi connectivity index (χ2n) is 7.17. The van der Waals surface area contributed by atoms with E-state index in [0.717, 1.165) is 19.3 Å². The first kappa shape index (κ1) is 21.0. The van der Waals surface area contributed by atoms with E-state index in [-0.39, 0.29) is 10.9 Å². The summed E-state index contributed by atoms with van der Waals surface area (Å²) >= 11 is 0. The highest BCUT2D eigenvalue weighted by Crippen LogP contribution is 2.22. The number of carbonyl (C=O) groups excluding carboxylic acids is 2. The van der Waals surface area contributed by atoms with Crippen LogP contribution >= 0.6 is 0 Å². The molecule has 3 rings (SSSR count). The lowest BCUT2D eigenvalue weighted by atomic mass is 9.90. The van der Waals surface area contributed by atoms with Crippen molar-refractivity contribution >= 4 is 21.9 Å². The predicted molar refractivity (Wildman–Crippen MR) is 108 cm³/mol. The smallest absolute Gasteiger partial charge is 0.338 e. The van der Waals surface area contributed by atoms with Crippen molar-refractivity contribution in [2.75, 3.05) is 6.61 Å². The first-order valence-electron chi connectivity index (χ1n) is 9.45. The lowest BCUT2D eigenvalue weighted by Gasteiger charge is -2.17. The first-order valence-corrected chi connectivity index (χ1v) is 11.0. The number of benzene rings is 2. The van der Waals surface area contributed by atoms with Crippen molar-refractivity contribution in [1.82, 2.24) is 5.32 Å². The normalized spacial score (nSPS) is 14.6. The average molecular weight is 416 g/mol. The molecule has 0 unspecified atom stereocenters. The molecular formula is C21H24N2O5S. The fourth-order valence-corrected chi connectivity index (χ4v) is 3.90. The van der Waals surface area contributed by atoms with Gasteiger partial charge in [0.1, 0.15) is 0 Å². The summed E-state index contributed by atoms with van der Waals surface area (Å²) in [5.74, 6) is -0.974. The highest BCUT2D eigenvalue weighted by atomic mass is 32.2. The van der Waals surface area contributed by atoms with Gasteiger partial charge < -0.3 is 10.1 Å². The van der Waals surface area contributed by atoms with Crippen LogP contribution in [0.3, 0.4) is 0 Å². The summed E-state index contributed by atoms with van der Waals surface area (Å²) < 4.78 is 27.7. The molecule has 154 valence electrons. The summed E-state index contributed by atoms with van der Waals surface area (Å²) in [5.41, 5.74) is 3.59. The number of fused-ring (bicyclic) bond motifs is 1. The molecule has 1 atom stereocenters. The van der Waals surface area contributed by atoms with Crippen molar-refractivity contribution in [2.45, 2.75) is 43.5 Å². The van der Waals surface area contributed by atoms with E-state index in [1.165, 1.54) is 29.7 Å². The number of nitrogens with two attached hydrogens (primary N) is 1. The minimum Gasteiger partial charge on any atom is -0.452 e. The zero-order valence-corrected chi connectivity index (χ0v) is 17.0. The van der Waals surface area contributed by atoms with Crippen LogP contribution in [0.2, 0.25) is 0 Å². The molecule has 0 saturated heterocycles. The molecule has 7 nitrogen and oxygen atoms in total. The molecule has 8 heteroatoms. The van der Waals surface area contributed by atoms with Crippen LogP contribution in [0.15, 0.2) is 47.4 Å². The third kappa shape index (κ3) is 5.42. The number of ether oxygens (including phenoxy) is 1. The van der Waals surface area contributed by atoms with E-state index in [1.807, 2.05) is 12.1 Å². The average Bonchev–Trinajstić information content (AvgIpc) is 2.71. The van der Waals surface area contributed by atoms with E-state index in [9.17, 15) is 18.0 Å². The van der Waals surface area contributed by atoms with Crippen LogP contribution in [0.25, 0.3) is 0 Å². The fraction of sp³-hybridized carbons (Fsp3) is 0.333. The van der Waals surface area contributed by atoms with Gasteiger partial charge in [-0.3, -0.25) is 4.79 Å². The summed E-state index contributed by atoms with van der Waals surface area (Å²) in [6.45, 7) is 1.35. The van der Waals surface area contributed by atoms with Crippen LogP contribution in [0, 0.1) is 0 Å². The van der Waals surface area contributed by atoms with Crippen molar-refractivity contribution in [3.05, 3.63) is 64.7 Å². The predicted octanol–water partition coefficient (Wildman–Crippen LogP) is 2.25. The zero-order chi connectivity index (χ0) is 21.0. The van der Waals surface area contributed by atoms with E-state index in [2.05, 4.69) is 5.32 Å². The zero-order valence-electron chi connectivity index (χ0n) is 16.2. The Balaban J connectivity index is 1.53. The Labute approximate surface area is 170 Å². The Morgan fingerprint density at radius 1 is 1.07 bits per heavy atom. The van der Waals surface area contributed by atoms with Crippen LogP contribution in [0.1, 0.15) is 52.9 Å². The van der Waals surface area contributed by atoms with E-state index >= 15 is 0 Å². The lowest BCUT2D eigenvalue weighted by Crippen LogP contribution is -2.31. The highest BCUT2D eigenvalue weighted by Gasteiger charge is 2.16. The van der Waals surface area contributed by atoms with Gasteiger partial charge in [0.25, 0.3) is 5.91 Å². The van der Waals surface area contributed by atoms with Crippen molar-refractivity contribution in [3.63, 3.8) is 0 Å². The lowest BCUT2D eigenvalue weighted by molar-refractivity contribution is -0.124. The van der Waals surface area contributed by atoms with Crippen molar-refractivity contribution < 1.29 is 22.7 Å². The molecule has 0 bridgehead atoms. The monoisotopic (exact) mass is 416 g/mol. The van der Waals surface area contributed by atoms with Gasteiger partial charge in [-0.15, -0.1) is 0 Å². The van der Waals surface area contributed by atoms with Crippen LogP contribution in [0.5, 0.6) is 0 Å². The standard InChI is InChI=1S/C21H24N2O5S/c1-14(15-8-10-19(11-9-15)29(22,26)27)23-20(24)13-28-21(25)18-7-6-16-4-2-3-5-17(16)12-18/h6-12,14H,2-5,13H2,1H3,(H,23,24)(H2,22,26,27)/t14-/m1/s1. The summed E-state index contributed by atoms with van der Waals surface area (Å²) in [4.78, 5) is 24.4. The number of esters is 1. The molecule has 0 heterocycles. The van der Waals surface area contributed by atoms with E-state index < -0.39 is 28.5 Å². The number of rotatable bonds is 6. The van der Waals surface area contributed by atoms with Crippen LogP contribution < -0.4 is 10.5 Å². The van der Waals surface area contributed by atoms with Gasteiger partial charge in [-0.2, -0.15) is 0 Å². The van der Waals surface area contributed by atoms with Gasteiger partial charge in [-0.1, -0.05) is 18.2 Å². The molecule has 0 saturated carbocycles. The minimum atomic E-state index is -3.76. The Morgan fingerprint density at radius 2 is 1.72 bits per heavy atom. The van der Waals surface area contributed by atoms with Crippen molar-refractivity contribution in [3.8, 4) is 0 Å². The maximum atomic E-state index is 12.3. The Bertz CT molecular complexity index is 1020. The van der Waals surface area contributed by atoms with Gasteiger partial charge in [-0.25, -0.2) is 18.4 Å². The summed E-state index contributed by atoms with van der Waals surface area (Å²) in [5, 5.41) is 7.79. The van der Waals surface area contributed by atoms with Crippen molar-refractivity contribution in [2.24, 2.45) is 5.14 Å². The van der Waals surface area contributed by atoms with E-state index in [1.54, 1.807) is 25.1 Å². The van der Waals surface area contributed by atoms with Gasteiger partial charge >= 0.3 is 5.97 Å². The number of sulfonamides is 1. The minimum absolute atomic E-state index is 0.00115. The second-order valence-corrected chi connectivity index (χ2v) is 8.73. The molecule has 1 aliphatic carbocycles. The number of amides is 1. The molecule has 2 aromatic carbocycles. The fourth-order valence-electron chi connectivity index (χ4n) is 3.39. The van der Waals surface area contributed by atoms with Gasteiger partial charge in [0, 0.05) is 0 Å². The van der Waals surface area contributed by atoms with E-state index in [0.29, 0.717) is 11.1 Å². The largest absolute Gasteiger partial charge is 0.452 e. The molecule has 0 fully saturated rings. The molecule has 1 amide bonds. The molecule has 0 aromatic heterocycles. The molecule has 29 heavy (non-hydrogen) atoms. The van der Waals surface area contributed by atoms with Gasteiger partial charge in [-0.05, 0) is 73.6 Å². The Hall–Kier alpha value is -2.71. The second kappa shape index (κ2) is 8.75. The third-order valence-electron chi connectivity index (χ3n) is 5.00. The number of nitrogens with one attached hydrogen (secondary N) is 1. The summed E-state index contributed by atoms with van der Waals surface area (Å²) in [6.07, 6.45) is 4.27. The van der Waals surface area contributed by atoms with E-state index in [4.69, 9.17) is 9.88 Å². The summed E-state index contributed by atoms with van der Waals surface area (Å²) in [7, 11) is -3.76. The van der Waals surface area contributed by atoms with Gasteiger partial charge in [0.15, 0.2) is 6.61 Å². The van der Waals surface area contributed by atoms with Gasteiger partial charge in [0.05, 0.1) is 16.5 Å². The van der Waals surface area contributed by atoms with Gasteiger partial charge in [0.2, 0.25) is 10.0 Å². The molecule has 0 radical (unpaired) electrons. The SMILES string of the molecule is C[C@@H](NC(=O)COC(=O)c1ccc2c(c1)CCCC2)c1ccc(S(N)(=O)=O)cc1. The molecule has 2 aromatic rings. The number of carbonyl (C=O) groups is 2. The molecule has 1 aliphatic rings. The Kier molecular flexibility index (Phi) is 6.34. The molecule has 0 spiro atoms. The maximum absolute atomic E-state index is 12.3. The molecule has 0 aliphatic heterocycles. The summed E-state index contributed by atoms with van der Waals surface area (Å²) in [6, 6.07) is 11.1. The Morgan fingerprint density at radius 3 is 2.38 bits per heavy atom. The number of primary sulfonamides is 1. The first-order chi connectivity index (χ1) is 13.7. The van der Waals surface area contributed by atoms with Crippen LogP contribution in [0.4, 0.5) is 0 Å². The maximum Gasteiger partial charge on any atom is 0.338 e. The van der Waals surface area contributed by atoms with Crippen LogP contribution in [-0.2, 0) is 32.4 Å². The third-order valence-corrected chi connectivity index (χ3v) is 5.93. The molecular weight excluding hydrogens is 392 g/mol. The van der Waals surface area contributed by atoms with Crippen molar-refractivity contribution in [1.29, 1.82) is 0 Å². The topological polar surface area (TPSA) is 116 Å². The quantitative estimate of drug-likeness (QED) is 0.701. The molecule has 3 N–H and O–H groups in total. The van der Waals surface area contributed by atoms with Crippen LogP contribution in [-0.4, -0.2) is 26.9 Å². The number of aryl methyl sites for hydroxylation is 2.